The summed E-state index contributed by atoms with van der Waals surface area (Å²) in [5, 5.41) is 0.126. The van der Waals surface area contributed by atoms with Crippen molar-refractivity contribution in [3.63, 3.8) is 0 Å². The third-order valence-corrected chi connectivity index (χ3v) is 2.53. The highest BCUT2D eigenvalue weighted by Crippen LogP contribution is 2.31. The van der Waals surface area contributed by atoms with Crippen molar-refractivity contribution in [1.82, 2.24) is 0 Å². The Morgan fingerprint density at radius 1 is 1.44 bits per heavy atom. The fourth-order valence-electron chi connectivity index (χ4n) is 1.16. The van der Waals surface area contributed by atoms with Gasteiger partial charge in [0, 0.05) is 0 Å². The maximum Gasteiger partial charge on any atom is 0.387 e. The van der Waals surface area contributed by atoms with E-state index in [1.807, 2.05) is 13.8 Å². The van der Waals surface area contributed by atoms with Crippen LogP contribution in [0.25, 0.3) is 0 Å². The quantitative estimate of drug-likeness (QED) is 0.734. The first-order valence-corrected chi connectivity index (χ1v) is 4.97. The van der Waals surface area contributed by atoms with E-state index in [1.165, 1.54) is 6.07 Å². The van der Waals surface area contributed by atoms with Gasteiger partial charge in [-0.15, -0.1) is 6.42 Å². The molecule has 0 unspecified atom stereocenters. The molecule has 4 heteroatoms. The maximum absolute atomic E-state index is 12.0. The van der Waals surface area contributed by atoms with Crippen molar-refractivity contribution in [2.24, 2.45) is 0 Å². The molecule has 0 spiro atoms. The van der Waals surface area contributed by atoms with Gasteiger partial charge < -0.3 is 4.74 Å². The molecule has 0 saturated carbocycles. The van der Waals surface area contributed by atoms with Gasteiger partial charge in [0.25, 0.3) is 0 Å². The molecule has 0 atom stereocenters. The summed E-state index contributed by atoms with van der Waals surface area (Å²) in [4.78, 5) is 0. The Hall–Kier alpha value is -1.27. The van der Waals surface area contributed by atoms with E-state index in [1.54, 1.807) is 12.1 Å². The van der Waals surface area contributed by atoms with E-state index in [2.05, 4.69) is 10.7 Å². The molecule has 16 heavy (non-hydrogen) atoms. The lowest BCUT2D eigenvalue weighted by Crippen LogP contribution is -2.14. The van der Waals surface area contributed by atoms with Crippen molar-refractivity contribution in [3.05, 3.63) is 28.8 Å². The Labute approximate surface area is 98.4 Å². The van der Waals surface area contributed by atoms with Crippen LogP contribution in [-0.4, -0.2) is 6.61 Å². The molecule has 86 valence electrons. The van der Waals surface area contributed by atoms with Crippen LogP contribution in [0.3, 0.4) is 0 Å². The number of hydrogen-bond donors (Lipinski definition) is 0. The van der Waals surface area contributed by atoms with E-state index in [0.29, 0.717) is 0 Å². The minimum absolute atomic E-state index is 0.0479. The van der Waals surface area contributed by atoms with Crippen LogP contribution in [0.1, 0.15) is 19.4 Å². The summed E-state index contributed by atoms with van der Waals surface area (Å²) in [6.45, 7) is 0.794. The van der Waals surface area contributed by atoms with Crippen LogP contribution in [0.4, 0.5) is 8.78 Å². The van der Waals surface area contributed by atoms with Gasteiger partial charge in [-0.1, -0.05) is 23.6 Å². The average Bonchev–Trinajstić information content (AvgIpc) is 2.20. The molecule has 0 N–H and O–H groups in total. The zero-order valence-corrected chi connectivity index (χ0v) is 9.68. The second kappa shape index (κ2) is 4.71. The van der Waals surface area contributed by atoms with E-state index < -0.39 is 12.0 Å². The third kappa shape index (κ3) is 2.86. The first kappa shape index (κ1) is 12.8. The van der Waals surface area contributed by atoms with Crippen LogP contribution in [-0.2, 0) is 5.41 Å². The van der Waals surface area contributed by atoms with Gasteiger partial charge in [0.1, 0.15) is 5.75 Å². The van der Waals surface area contributed by atoms with Gasteiger partial charge in [0.2, 0.25) is 0 Å². The first-order valence-electron chi connectivity index (χ1n) is 4.59. The monoisotopic (exact) mass is 244 g/mol. The third-order valence-electron chi connectivity index (χ3n) is 2.23. The van der Waals surface area contributed by atoms with Crippen molar-refractivity contribution < 1.29 is 13.5 Å². The van der Waals surface area contributed by atoms with Crippen LogP contribution >= 0.6 is 11.6 Å². The molecule has 0 heterocycles. The van der Waals surface area contributed by atoms with Crippen LogP contribution in [0.15, 0.2) is 18.2 Å². The highest BCUT2D eigenvalue weighted by molar-refractivity contribution is 6.32. The number of hydrogen-bond acceptors (Lipinski definition) is 1. The lowest BCUT2D eigenvalue weighted by molar-refractivity contribution is -0.0497. The van der Waals surface area contributed by atoms with Crippen LogP contribution in [0, 0.1) is 12.3 Å². The average molecular weight is 245 g/mol. The van der Waals surface area contributed by atoms with E-state index in [4.69, 9.17) is 18.0 Å². The summed E-state index contributed by atoms with van der Waals surface area (Å²) in [6, 6.07) is 4.56. The number of benzene rings is 1. The number of halogens is 3. The van der Waals surface area contributed by atoms with E-state index in [9.17, 15) is 8.78 Å². The standard InChI is InChI=1S/C12H11ClF2O/c1-4-12(2,3)8-5-6-10(9(13)7-8)16-11(14)15/h1,5-7,11H,2-3H3. The summed E-state index contributed by atoms with van der Waals surface area (Å²) in [7, 11) is 0. The van der Waals surface area contributed by atoms with Gasteiger partial charge in [-0.2, -0.15) is 8.78 Å². The minimum Gasteiger partial charge on any atom is -0.433 e. The zero-order valence-electron chi connectivity index (χ0n) is 8.93. The SMILES string of the molecule is C#CC(C)(C)c1ccc(OC(F)F)c(Cl)c1. The molecule has 0 aromatic heterocycles. The van der Waals surface area contributed by atoms with Gasteiger partial charge in [-0.3, -0.25) is 0 Å². The van der Waals surface area contributed by atoms with E-state index in [0.717, 1.165) is 5.56 Å². The lowest BCUT2D eigenvalue weighted by atomic mass is 9.86. The first-order chi connectivity index (χ1) is 7.36. The van der Waals surface area contributed by atoms with Crippen LogP contribution in [0.2, 0.25) is 5.02 Å². The number of rotatable bonds is 3. The molecule has 0 bridgehead atoms. The number of alkyl halides is 2. The maximum atomic E-state index is 12.0. The fourth-order valence-corrected chi connectivity index (χ4v) is 1.39. The molecule has 0 fully saturated rings. The van der Waals surface area contributed by atoms with Crippen molar-refractivity contribution in [1.29, 1.82) is 0 Å². The van der Waals surface area contributed by atoms with Gasteiger partial charge >= 0.3 is 6.61 Å². The molecular formula is C12H11ClF2O. The molecule has 0 aliphatic rings. The fraction of sp³-hybridized carbons (Fsp3) is 0.333. The van der Waals surface area contributed by atoms with Crippen LogP contribution in [0.5, 0.6) is 5.75 Å². The summed E-state index contributed by atoms with van der Waals surface area (Å²) < 4.78 is 28.2. The Morgan fingerprint density at radius 3 is 2.50 bits per heavy atom. The Kier molecular flexibility index (Phi) is 3.77. The molecule has 1 aromatic carbocycles. The number of ether oxygens (including phenoxy) is 1. The summed E-state index contributed by atoms with van der Waals surface area (Å²) in [5.74, 6) is 2.55. The minimum atomic E-state index is -2.89. The Bertz CT molecular complexity index is 422. The molecule has 0 radical (unpaired) electrons. The van der Waals surface area contributed by atoms with Crippen molar-refractivity contribution in [2.75, 3.05) is 0 Å². The molecule has 0 aliphatic heterocycles. The highest BCUT2D eigenvalue weighted by atomic mass is 35.5. The van der Waals surface area contributed by atoms with Crippen LogP contribution < -0.4 is 4.74 Å². The van der Waals surface area contributed by atoms with Crippen molar-refractivity contribution in [3.8, 4) is 18.1 Å². The normalized spacial score (nSPS) is 11.3. The zero-order chi connectivity index (χ0) is 12.3. The second-order valence-electron chi connectivity index (χ2n) is 3.79. The molecular weight excluding hydrogens is 234 g/mol. The molecule has 0 amide bonds. The summed E-state index contributed by atoms with van der Waals surface area (Å²) in [6.07, 6.45) is 5.36. The summed E-state index contributed by atoms with van der Waals surface area (Å²) >= 11 is 5.81. The Balaban J connectivity index is 3.05. The molecule has 0 aliphatic carbocycles. The van der Waals surface area contributed by atoms with Crippen molar-refractivity contribution >= 4 is 11.6 Å². The Morgan fingerprint density at radius 2 is 2.06 bits per heavy atom. The van der Waals surface area contributed by atoms with Gasteiger partial charge in [0.05, 0.1) is 10.4 Å². The highest BCUT2D eigenvalue weighted by Gasteiger charge is 2.19. The van der Waals surface area contributed by atoms with Gasteiger partial charge in [0.15, 0.2) is 0 Å². The largest absolute Gasteiger partial charge is 0.433 e. The second-order valence-corrected chi connectivity index (χ2v) is 4.20. The van der Waals surface area contributed by atoms with Gasteiger partial charge in [-0.25, -0.2) is 0 Å². The van der Waals surface area contributed by atoms with E-state index in [-0.39, 0.29) is 10.8 Å². The number of terminal acetylenes is 1. The van der Waals surface area contributed by atoms with E-state index >= 15 is 0 Å². The summed E-state index contributed by atoms with van der Waals surface area (Å²) in [5.41, 5.74) is 0.286. The van der Waals surface area contributed by atoms with Gasteiger partial charge in [-0.05, 0) is 31.5 Å². The predicted octanol–water partition coefficient (Wildman–Crippen LogP) is 3.85. The molecule has 0 saturated heterocycles. The molecule has 1 aromatic rings. The van der Waals surface area contributed by atoms with Crippen molar-refractivity contribution in [2.45, 2.75) is 25.9 Å². The molecule has 1 rings (SSSR count). The topological polar surface area (TPSA) is 9.23 Å². The predicted molar refractivity (Wildman–Crippen MR) is 59.9 cm³/mol. The smallest absolute Gasteiger partial charge is 0.387 e. The lowest BCUT2D eigenvalue weighted by Gasteiger charge is -2.19. The molecule has 1 nitrogen and oxygen atoms in total.